The van der Waals surface area contributed by atoms with Crippen molar-refractivity contribution in [2.75, 3.05) is 0 Å². The van der Waals surface area contributed by atoms with E-state index in [0.717, 1.165) is 0 Å². The number of imide groups is 1. The number of primary amides is 1. The molecule has 3 amide bonds. The first kappa shape index (κ1) is 14.0. The number of carbonyl (C=O) groups excluding carboxylic acids is 3. The second kappa shape index (κ2) is 6.02. The molecule has 0 aliphatic rings. The number of urea groups is 1. The second-order valence-corrected chi connectivity index (χ2v) is 3.84. The van der Waals surface area contributed by atoms with Crippen LogP contribution < -0.4 is 11.1 Å². The number of ether oxygens (including phenoxy) is 1. The van der Waals surface area contributed by atoms with Crippen LogP contribution in [-0.2, 0) is 9.53 Å². The predicted octanol–water partition coefficient (Wildman–Crippen LogP) is 1.08. The van der Waals surface area contributed by atoms with Gasteiger partial charge in [-0.15, -0.1) is 0 Å². The summed E-state index contributed by atoms with van der Waals surface area (Å²) in [6, 6.07) is 4.96. The minimum absolute atomic E-state index is 0.248. The quantitative estimate of drug-likeness (QED) is 0.803. The lowest BCUT2D eigenvalue weighted by atomic mass is 10.2. The molecule has 18 heavy (non-hydrogen) atoms. The largest absolute Gasteiger partial charge is 0.449 e. The summed E-state index contributed by atoms with van der Waals surface area (Å²) in [7, 11) is 0. The van der Waals surface area contributed by atoms with Crippen molar-refractivity contribution in [3.05, 3.63) is 34.9 Å². The van der Waals surface area contributed by atoms with E-state index in [1.165, 1.54) is 31.2 Å². The molecule has 7 heteroatoms. The number of hydrogen-bond donors (Lipinski definition) is 2. The van der Waals surface area contributed by atoms with Gasteiger partial charge >= 0.3 is 12.0 Å². The Kier molecular flexibility index (Phi) is 4.67. The maximum atomic E-state index is 11.6. The molecule has 0 spiro atoms. The normalized spacial score (nSPS) is 11.4. The number of esters is 1. The molecule has 6 nitrogen and oxygen atoms in total. The zero-order valence-corrected chi connectivity index (χ0v) is 10.2. The average molecular weight is 271 g/mol. The predicted molar refractivity (Wildman–Crippen MR) is 64.1 cm³/mol. The minimum atomic E-state index is -1.12. The number of amides is 3. The Morgan fingerprint density at radius 3 is 2.33 bits per heavy atom. The lowest BCUT2D eigenvalue weighted by molar-refractivity contribution is -0.127. The first-order valence-corrected chi connectivity index (χ1v) is 5.35. The molecule has 0 bridgehead atoms. The van der Waals surface area contributed by atoms with Crippen LogP contribution in [0.15, 0.2) is 24.3 Å². The lowest BCUT2D eigenvalue weighted by Gasteiger charge is -2.11. The van der Waals surface area contributed by atoms with Gasteiger partial charge in [0.05, 0.1) is 5.56 Å². The molecule has 0 heterocycles. The topological polar surface area (TPSA) is 98.5 Å². The van der Waals surface area contributed by atoms with E-state index >= 15 is 0 Å². The molecule has 0 aromatic heterocycles. The van der Waals surface area contributed by atoms with Crippen LogP contribution in [-0.4, -0.2) is 24.0 Å². The number of nitrogens with one attached hydrogen (secondary N) is 1. The zero-order chi connectivity index (χ0) is 13.7. The van der Waals surface area contributed by atoms with Gasteiger partial charge in [-0.1, -0.05) is 11.6 Å². The molecule has 0 aliphatic carbocycles. The fraction of sp³-hybridized carbons (Fsp3) is 0.182. The number of rotatable bonds is 3. The fourth-order valence-corrected chi connectivity index (χ4v) is 1.22. The first-order valence-electron chi connectivity index (χ1n) is 4.97. The number of hydrogen-bond acceptors (Lipinski definition) is 4. The van der Waals surface area contributed by atoms with Gasteiger partial charge in [0.25, 0.3) is 5.91 Å². The molecule has 0 fully saturated rings. The van der Waals surface area contributed by atoms with Gasteiger partial charge < -0.3 is 10.5 Å². The molecule has 1 rings (SSSR count). The lowest BCUT2D eigenvalue weighted by Crippen LogP contribution is -2.42. The summed E-state index contributed by atoms with van der Waals surface area (Å²) in [5.74, 6) is -1.48. The van der Waals surface area contributed by atoms with Gasteiger partial charge in [0, 0.05) is 5.02 Å². The monoisotopic (exact) mass is 270 g/mol. The Labute approximate surface area is 108 Å². The van der Waals surface area contributed by atoms with Gasteiger partial charge in [0.2, 0.25) is 0 Å². The van der Waals surface area contributed by atoms with E-state index in [2.05, 4.69) is 0 Å². The summed E-state index contributed by atoms with van der Waals surface area (Å²) in [4.78, 5) is 33.3. The van der Waals surface area contributed by atoms with Crippen LogP contribution in [0, 0.1) is 0 Å². The van der Waals surface area contributed by atoms with Gasteiger partial charge in [-0.25, -0.2) is 9.59 Å². The molecule has 0 saturated heterocycles. The van der Waals surface area contributed by atoms with E-state index in [1.54, 1.807) is 0 Å². The molecule has 0 radical (unpaired) electrons. The molecule has 0 unspecified atom stereocenters. The standard InChI is InChI=1S/C11H11ClN2O4/c1-6(9(15)14-11(13)17)18-10(16)7-2-4-8(12)5-3-7/h2-6H,1H3,(H3,13,14,15,17)/t6-/m0/s1. The molecule has 0 aliphatic heterocycles. The molecule has 0 saturated carbocycles. The average Bonchev–Trinajstić information content (AvgIpc) is 2.28. The van der Waals surface area contributed by atoms with E-state index in [1.807, 2.05) is 5.32 Å². The summed E-state index contributed by atoms with van der Waals surface area (Å²) in [6.45, 7) is 1.33. The Hall–Kier alpha value is -2.08. The third kappa shape index (κ3) is 4.06. The Morgan fingerprint density at radius 2 is 1.83 bits per heavy atom. The molecular formula is C11H11ClN2O4. The Bertz CT molecular complexity index is 472. The van der Waals surface area contributed by atoms with Crippen molar-refractivity contribution >= 4 is 29.5 Å². The summed E-state index contributed by atoms with van der Waals surface area (Å²) in [5.41, 5.74) is 5.01. The summed E-state index contributed by atoms with van der Waals surface area (Å²) < 4.78 is 4.84. The highest BCUT2D eigenvalue weighted by Crippen LogP contribution is 2.11. The van der Waals surface area contributed by atoms with E-state index in [-0.39, 0.29) is 5.56 Å². The van der Waals surface area contributed by atoms with Crippen molar-refractivity contribution in [3.63, 3.8) is 0 Å². The summed E-state index contributed by atoms with van der Waals surface area (Å²) in [6.07, 6.45) is -1.12. The van der Waals surface area contributed by atoms with Crippen LogP contribution in [0.3, 0.4) is 0 Å². The van der Waals surface area contributed by atoms with Crippen LogP contribution in [0.5, 0.6) is 0 Å². The molecule has 1 aromatic carbocycles. The highest BCUT2D eigenvalue weighted by atomic mass is 35.5. The zero-order valence-electron chi connectivity index (χ0n) is 9.48. The summed E-state index contributed by atoms with van der Waals surface area (Å²) >= 11 is 5.66. The molecule has 1 atom stereocenters. The smallest absolute Gasteiger partial charge is 0.338 e. The molecular weight excluding hydrogens is 260 g/mol. The summed E-state index contributed by atoms with van der Waals surface area (Å²) in [5, 5.41) is 2.29. The maximum Gasteiger partial charge on any atom is 0.338 e. The van der Waals surface area contributed by atoms with Crippen LogP contribution in [0.1, 0.15) is 17.3 Å². The van der Waals surface area contributed by atoms with E-state index in [0.29, 0.717) is 5.02 Å². The first-order chi connectivity index (χ1) is 8.40. The van der Waals surface area contributed by atoms with E-state index in [9.17, 15) is 14.4 Å². The highest BCUT2D eigenvalue weighted by molar-refractivity contribution is 6.30. The second-order valence-electron chi connectivity index (χ2n) is 3.41. The van der Waals surface area contributed by atoms with E-state index < -0.39 is 24.0 Å². The van der Waals surface area contributed by atoms with Gasteiger partial charge in [-0.05, 0) is 31.2 Å². The van der Waals surface area contributed by atoms with Crippen molar-refractivity contribution in [1.29, 1.82) is 0 Å². The van der Waals surface area contributed by atoms with Crippen LogP contribution in [0.25, 0.3) is 0 Å². The van der Waals surface area contributed by atoms with Crippen LogP contribution in [0.4, 0.5) is 4.79 Å². The third-order valence-corrected chi connectivity index (χ3v) is 2.23. The highest BCUT2D eigenvalue weighted by Gasteiger charge is 2.19. The molecule has 3 N–H and O–H groups in total. The minimum Gasteiger partial charge on any atom is -0.449 e. The van der Waals surface area contributed by atoms with Gasteiger partial charge in [0.15, 0.2) is 6.10 Å². The number of benzene rings is 1. The van der Waals surface area contributed by atoms with E-state index in [4.69, 9.17) is 22.1 Å². The van der Waals surface area contributed by atoms with Crippen molar-refractivity contribution in [3.8, 4) is 0 Å². The fourth-order valence-electron chi connectivity index (χ4n) is 1.09. The number of carbonyl (C=O) groups is 3. The Balaban J connectivity index is 2.62. The van der Waals surface area contributed by atoms with Crippen molar-refractivity contribution in [2.45, 2.75) is 13.0 Å². The maximum absolute atomic E-state index is 11.6. The van der Waals surface area contributed by atoms with Crippen molar-refractivity contribution in [2.24, 2.45) is 5.73 Å². The number of nitrogens with two attached hydrogens (primary N) is 1. The van der Waals surface area contributed by atoms with Crippen LogP contribution in [0.2, 0.25) is 5.02 Å². The van der Waals surface area contributed by atoms with Gasteiger partial charge in [-0.2, -0.15) is 0 Å². The van der Waals surface area contributed by atoms with Crippen molar-refractivity contribution in [1.82, 2.24) is 5.32 Å². The van der Waals surface area contributed by atoms with Gasteiger partial charge in [0.1, 0.15) is 0 Å². The van der Waals surface area contributed by atoms with Gasteiger partial charge in [-0.3, -0.25) is 10.1 Å². The third-order valence-electron chi connectivity index (χ3n) is 1.98. The number of halogens is 1. The molecule has 1 aromatic rings. The SMILES string of the molecule is C[C@H](OC(=O)c1ccc(Cl)cc1)C(=O)NC(N)=O. The Morgan fingerprint density at radius 1 is 1.28 bits per heavy atom. The molecule has 96 valence electrons. The van der Waals surface area contributed by atoms with Crippen molar-refractivity contribution < 1.29 is 19.1 Å². The van der Waals surface area contributed by atoms with Crippen LogP contribution >= 0.6 is 11.6 Å².